The molecule has 1 aliphatic heterocycles. The maximum Gasteiger partial charge on any atom is 0.254 e. The minimum Gasteiger partial charge on any atom is -0.373 e. The van der Waals surface area contributed by atoms with E-state index in [2.05, 4.69) is 15.9 Å². The fourth-order valence-corrected chi connectivity index (χ4v) is 2.24. The van der Waals surface area contributed by atoms with Gasteiger partial charge < -0.3 is 9.64 Å². The Morgan fingerprint density at radius 3 is 3.06 bits per heavy atom. The van der Waals surface area contributed by atoms with Crippen LogP contribution in [0.15, 0.2) is 22.7 Å². The summed E-state index contributed by atoms with van der Waals surface area (Å²) in [6.45, 7) is 1.41. The van der Waals surface area contributed by atoms with Crippen molar-refractivity contribution in [2.24, 2.45) is 0 Å². The molecule has 1 aromatic rings. The zero-order chi connectivity index (χ0) is 13.1. The van der Waals surface area contributed by atoms with Crippen molar-refractivity contribution in [3.8, 4) is 0 Å². The first-order chi connectivity index (χ1) is 8.61. The molecule has 0 saturated carbocycles. The second-order valence-corrected chi connectivity index (χ2v) is 5.19. The Hall–Kier alpha value is -0.650. The van der Waals surface area contributed by atoms with E-state index >= 15 is 0 Å². The van der Waals surface area contributed by atoms with Gasteiger partial charge in [0.05, 0.1) is 23.1 Å². The number of hydrogen-bond acceptors (Lipinski definition) is 2. The van der Waals surface area contributed by atoms with Gasteiger partial charge in [-0.3, -0.25) is 4.79 Å². The van der Waals surface area contributed by atoms with Crippen LogP contribution in [0.2, 0.25) is 0 Å². The number of benzene rings is 1. The Labute approximate surface area is 118 Å². The molecular formula is C12H12BrClFNO2. The number of ether oxygens (including phenoxy) is 1. The minimum atomic E-state index is -0.442. The molecular weight excluding hydrogens is 324 g/mol. The van der Waals surface area contributed by atoms with Crippen molar-refractivity contribution < 1.29 is 13.9 Å². The van der Waals surface area contributed by atoms with E-state index in [-0.39, 0.29) is 12.0 Å². The topological polar surface area (TPSA) is 29.5 Å². The van der Waals surface area contributed by atoms with Crippen LogP contribution in [0.5, 0.6) is 0 Å². The van der Waals surface area contributed by atoms with Crippen LogP contribution in [0.3, 0.4) is 0 Å². The summed E-state index contributed by atoms with van der Waals surface area (Å²) in [5, 5.41) is 0. The van der Waals surface area contributed by atoms with Crippen LogP contribution < -0.4 is 0 Å². The van der Waals surface area contributed by atoms with E-state index in [1.807, 2.05) is 0 Å². The third-order valence-electron chi connectivity index (χ3n) is 2.76. The van der Waals surface area contributed by atoms with Gasteiger partial charge in [-0.05, 0) is 34.1 Å². The van der Waals surface area contributed by atoms with E-state index in [9.17, 15) is 9.18 Å². The highest BCUT2D eigenvalue weighted by molar-refractivity contribution is 9.10. The number of hydrogen-bond donors (Lipinski definition) is 0. The van der Waals surface area contributed by atoms with Crippen molar-refractivity contribution in [2.45, 2.75) is 6.10 Å². The maximum atomic E-state index is 13.4. The highest BCUT2D eigenvalue weighted by Crippen LogP contribution is 2.18. The fraction of sp³-hybridized carbons (Fsp3) is 0.417. The molecule has 1 amide bonds. The zero-order valence-corrected chi connectivity index (χ0v) is 11.9. The number of carbonyl (C=O) groups excluding carboxylic acids is 1. The van der Waals surface area contributed by atoms with E-state index in [0.717, 1.165) is 0 Å². The van der Waals surface area contributed by atoms with Gasteiger partial charge in [0, 0.05) is 18.7 Å². The van der Waals surface area contributed by atoms with Gasteiger partial charge in [-0.2, -0.15) is 0 Å². The minimum absolute atomic E-state index is 0.148. The van der Waals surface area contributed by atoms with Crippen LogP contribution in [0.4, 0.5) is 4.39 Å². The molecule has 98 valence electrons. The first-order valence-corrected chi connectivity index (χ1v) is 6.86. The molecule has 0 N–H and O–H groups in total. The van der Waals surface area contributed by atoms with Gasteiger partial charge in [-0.1, -0.05) is 0 Å². The van der Waals surface area contributed by atoms with Gasteiger partial charge in [0.15, 0.2) is 0 Å². The molecule has 0 spiro atoms. The molecule has 1 unspecified atom stereocenters. The molecule has 2 rings (SSSR count). The summed E-state index contributed by atoms with van der Waals surface area (Å²) in [5.41, 5.74) is 0.339. The SMILES string of the molecule is O=C(c1ccc(Br)c(F)c1)N1CCOC(CCl)C1. The molecule has 6 heteroatoms. The molecule has 1 fully saturated rings. The summed E-state index contributed by atoms with van der Waals surface area (Å²) in [7, 11) is 0. The Bertz CT molecular complexity index is 458. The number of carbonyl (C=O) groups is 1. The summed E-state index contributed by atoms with van der Waals surface area (Å²) in [6, 6.07) is 4.36. The monoisotopic (exact) mass is 335 g/mol. The van der Waals surface area contributed by atoms with Crippen LogP contribution in [-0.2, 0) is 4.74 Å². The summed E-state index contributed by atoms with van der Waals surface area (Å²) in [5.74, 6) is -0.291. The average Bonchev–Trinajstić information content (AvgIpc) is 2.41. The molecule has 1 aromatic carbocycles. The summed E-state index contributed by atoms with van der Waals surface area (Å²) >= 11 is 8.77. The van der Waals surface area contributed by atoms with Crippen molar-refractivity contribution in [3.63, 3.8) is 0 Å². The van der Waals surface area contributed by atoms with Crippen molar-refractivity contribution in [1.82, 2.24) is 4.90 Å². The van der Waals surface area contributed by atoms with Crippen LogP contribution in [0.25, 0.3) is 0 Å². The number of nitrogens with zero attached hydrogens (tertiary/aromatic N) is 1. The normalized spacial score (nSPS) is 19.9. The van der Waals surface area contributed by atoms with Crippen molar-refractivity contribution in [1.29, 1.82) is 0 Å². The maximum absolute atomic E-state index is 13.4. The summed E-state index contributed by atoms with van der Waals surface area (Å²) in [6.07, 6.45) is -0.148. The third-order valence-corrected chi connectivity index (χ3v) is 3.75. The van der Waals surface area contributed by atoms with Crippen LogP contribution >= 0.6 is 27.5 Å². The molecule has 0 aromatic heterocycles. The van der Waals surface area contributed by atoms with Gasteiger partial charge in [-0.15, -0.1) is 11.6 Å². The smallest absolute Gasteiger partial charge is 0.254 e. The van der Waals surface area contributed by atoms with E-state index in [1.165, 1.54) is 12.1 Å². The lowest BCUT2D eigenvalue weighted by atomic mass is 10.1. The van der Waals surface area contributed by atoms with Crippen LogP contribution in [0.1, 0.15) is 10.4 Å². The first-order valence-electron chi connectivity index (χ1n) is 5.53. The molecule has 1 atom stereocenters. The predicted octanol–water partition coefficient (Wildman–Crippen LogP) is 2.67. The summed E-state index contributed by atoms with van der Waals surface area (Å²) < 4.78 is 19.1. The zero-order valence-electron chi connectivity index (χ0n) is 9.54. The van der Waals surface area contributed by atoms with Crippen LogP contribution in [-0.4, -0.2) is 42.5 Å². The Kier molecular flexibility index (Phi) is 4.59. The largest absolute Gasteiger partial charge is 0.373 e. The van der Waals surface area contributed by atoms with E-state index < -0.39 is 5.82 Å². The first kappa shape index (κ1) is 13.8. The third kappa shape index (κ3) is 3.02. The lowest BCUT2D eigenvalue weighted by Crippen LogP contribution is -2.46. The van der Waals surface area contributed by atoms with Gasteiger partial charge in [0.1, 0.15) is 5.82 Å². The molecule has 1 saturated heterocycles. The van der Waals surface area contributed by atoms with Gasteiger partial charge in [0.25, 0.3) is 5.91 Å². The number of rotatable bonds is 2. The highest BCUT2D eigenvalue weighted by Gasteiger charge is 2.24. The number of alkyl halides is 1. The van der Waals surface area contributed by atoms with Crippen molar-refractivity contribution >= 4 is 33.4 Å². The molecule has 0 radical (unpaired) electrons. The molecule has 0 aliphatic carbocycles. The Balaban J connectivity index is 2.12. The highest BCUT2D eigenvalue weighted by atomic mass is 79.9. The van der Waals surface area contributed by atoms with Crippen molar-refractivity contribution in [2.75, 3.05) is 25.6 Å². The summed E-state index contributed by atoms with van der Waals surface area (Å²) in [4.78, 5) is 13.8. The number of morpholine rings is 1. The second-order valence-electron chi connectivity index (χ2n) is 4.03. The van der Waals surface area contributed by atoms with E-state index in [4.69, 9.17) is 16.3 Å². The van der Waals surface area contributed by atoms with Gasteiger partial charge >= 0.3 is 0 Å². The molecule has 3 nitrogen and oxygen atoms in total. The van der Waals surface area contributed by atoms with E-state index in [0.29, 0.717) is 35.6 Å². The lowest BCUT2D eigenvalue weighted by molar-refractivity contribution is -0.0108. The Morgan fingerprint density at radius 2 is 2.39 bits per heavy atom. The quantitative estimate of drug-likeness (QED) is 0.777. The second kappa shape index (κ2) is 5.99. The lowest BCUT2D eigenvalue weighted by Gasteiger charge is -2.32. The number of amides is 1. The molecule has 1 aliphatic rings. The van der Waals surface area contributed by atoms with Crippen molar-refractivity contribution in [3.05, 3.63) is 34.1 Å². The fourth-order valence-electron chi connectivity index (χ4n) is 1.81. The van der Waals surface area contributed by atoms with E-state index in [1.54, 1.807) is 11.0 Å². The molecule has 18 heavy (non-hydrogen) atoms. The average molecular weight is 337 g/mol. The molecule has 1 heterocycles. The molecule has 0 bridgehead atoms. The number of halogens is 3. The standard InChI is InChI=1S/C12H12BrClFNO2/c13-10-2-1-8(5-11(10)15)12(17)16-3-4-18-9(6-14)7-16/h1-2,5,9H,3-4,6-7H2. The van der Waals surface area contributed by atoms with Crippen LogP contribution in [0, 0.1) is 5.82 Å². The van der Waals surface area contributed by atoms with Gasteiger partial charge in [-0.25, -0.2) is 4.39 Å². The predicted molar refractivity (Wildman–Crippen MR) is 70.5 cm³/mol. The van der Waals surface area contributed by atoms with Gasteiger partial charge in [0.2, 0.25) is 0 Å². The Morgan fingerprint density at radius 1 is 1.61 bits per heavy atom.